The zero-order valence-corrected chi connectivity index (χ0v) is 11.2. The second-order valence-electron chi connectivity index (χ2n) is 4.33. The van der Waals surface area contributed by atoms with Gasteiger partial charge in [0.25, 0.3) is 5.91 Å². The lowest BCUT2D eigenvalue weighted by Crippen LogP contribution is -2.33. The lowest BCUT2D eigenvalue weighted by atomic mass is 10.2. The summed E-state index contributed by atoms with van der Waals surface area (Å²) in [4.78, 5) is 23.3. The van der Waals surface area contributed by atoms with E-state index in [9.17, 15) is 22.8 Å². The molecule has 2 rings (SSSR count). The Morgan fingerprint density at radius 2 is 1.50 bits per heavy atom. The van der Waals surface area contributed by atoms with Crippen molar-refractivity contribution in [3.63, 3.8) is 0 Å². The lowest BCUT2D eigenvalue weighted by molar-refractivity contribution is -0.115. The molecule has 0 spiro atoms. The number of para-hydroxylation sites is 1. The van der Waals surface area contributed by atoms with Crippen molar-refractivity contribution in [3.05, 3.63) is 65.5 Å². The Bertz CT molecular complexity index is 682. The fraction of sp³-hybridized carbons (Fsp3) is 0.0667. The largest absolute Gasteiger partial charge is 0.343 e. The van der Waals surface area contributed by atoms with E-state index in [1.165, 1.54) is 12.1 Å². The maximum atomic E-state index is 13.3. The third-order valence-corrected chi connectivity index (χ3v) is 2.74. The number of anilines is 1. The Labute approximate surface area is 124 Å². The van der Waals surface area contributed by atoms with Gasteiger partial charge in [-0.05, 0) is 36.4 Å². The van der Waals surface area contributed by atoms with Crippen LogP contribution in [0.4, 0.5) is 18.9 Å². The standard InChI is InChI=1S/C15H11F3N2O2/c16-10-6-4-9(5-7-10)15(22)19-8-13(21)20-14-11(17)2-1-3-12(14)18/h1-7H,8H2,(H,19,22)(H,20,21). The minimum Gasteiger partial charge on any atom is -0.343 e. The van der Waals surface area contributed by atoms with Crippen molar-refractivity contribution in [3.8, 4) is 0 Å². The second-order valence-corrected chi connectivity index (χ2v) is 4.33. The van der Waals surface area contributed by atoms with Gasteiger partial charge in [-0.2, -0.15) is 0 Å². The van der Waals surface area contributed by atoms with E-state index in [4.69, 9.17) is 0 Å². The van der Waals surface area contributed by atoms with E-state index in [0.717, 1.165) is 30.3 Å². The maximum absolute atomic E-state index is 13.3. The maximum Gasteiger partial charge on any atom is 0.251 e. The molecule has 114 valence electrons. The highest BCUT2D eigenvalue weighted by Gasteiger charge is 2.13. The molecule has 0 unspecified atom stereocenters. The molecule has 0 aromatic heterocycles. The molecule has 0 bridgehead atoms. The number of amides is 2. The quantitative estimate of drug-likeness (QED) is 0.911. The fourth-order valence-corrected chi connectivity index (χ4v) is 1.66. The summed E-state index contributed by atoms with van der Waals surface area (Å²) in [6.07, 6.45) is 0. The van der Waals surface area contributed by atoms with Crippen molar-refractivity contribution < 1.29 is 22.8 Å². The minimum atomic E-state index is -0.918. The van der Waals surface area contributed by atoms with Gasteiger partial charge in [0, 0.05) is 5.56 Å². The molecule has 22 heavy (non-hydrogen) atoms. The highest BCUT2D eigenvalue weighted by molar-refractivity contribution is 5.99. The van der Waals surface area contributed by atoms with E-state index in [1.807, 2.05) is 5.32 Å². The van der Waals surface area contributed by atoms with Crippen LogP contribution in [0.5, 0.6) is 0 Å². The van der Waals surface area contributed by atoms with Gasteiger partial charge >= 0.3 is 0 Å². The van der Waals surface area contributed by atoms with Crippen molar-refractivity contribution in [2.45, 2.75) is 0 Å². The number of hydrogen-bond acceptors (Lipinski definition) is 2. The van der Waals surface area contributed by atoms with E-state index in [2.05, 4.69) is 5.32 Å². The van der Waals surface area contributed by atoms with Crippen LogP contribution in [0, 0.1) is 17.5 Å². The summed E-state index contributed by atoms with van der Waals surface area (Å²) in [5.74, 6) is -3.73. The van der Waals surface area contributed by atoms with Crippen LogP contribution in [0.25, 0.3) is 0 Å². The first kappa shape index (κ1) is 15.6. The summed E-state index contributed by atoms with van der Waals surface area (Å²) in [6.45, 7) is -0.482. The normalized spacial score (nSPS) is 10.1. The average Bonchev–Trinajstić information content (AvgIpc) is 2.49. The molecule has 0 atom stereocenters. The molecular weight excluding hydrogens is 297 g/mol. The number of benzene rings is 2. The number of carbonyl (C=O) groups excluding carboxylic acids is 2. The van der Waals surface area contributed by atoms with Crippen molar-refractivity contribution in [2.24, 2.45) is 0 Å². The van der Waals surface area contributed by atoms with Gasteiger partial charge in [0.15, 0.2) is 0 Å². The molecule has 0 fully saturated rings. The Morgan fingerprint density at radius 1 is 0.909 bits per heavy atom. The molecule has 2 amide bonds. The monoisotopic (exact) mass is 308 g/mol. The Kier molecular flexibility index (Phi) is 4.77. The van der Waals surface area contributed by atoms with Gasteiger partial charge in [0.05, 0.1) is 6.54 Å². The summed E-state index contributed by atoms with van der Waals surface area (Å²) >= 11 is 0. The number of carbonyl (C=O) groups is 2. The summed E-state index contributed by atoms with van der Waals surface area (Å²) in [7, 11) is 0. The van der Waals surface area contributed by atoms with Crippen LogP contribution in [-0.4, -0.2) is 18.4 Å². The molecular formula is C15H11F3N2O2. The highest BCUT2D eigenvalue weighted by atomic mass is 19.1. The Balaban J connectivity index is 1.93. The van der Waals surface area contributed by atoms with Gasteiger partial charge in [-0.25, -0.2) is 13.2 Å². The zero-order chi connectivity index (χ0) is 16.1. The molecule has 0 aliphatic carbocycles. The summed E-state index contributed by atoms with van der Waals surface area (Å²) < 4.78 is 39.4. The second kappa shape index (κ2) is 6.75. The summed E-state index contributed by atoms with van der Waals surface area (Å²) in [5, 5.41) is 4.29. The smallest absolute Gasteiger partial charge is 0.251 e. The molecule has 4 nitrogen and oxygen atoms in total. The van der Waals surface area contributed by atoms with Gasteiger partial charge in [0.1, 0.15) is 23.1 Å². The number of halogens is 3. The van der Waals surface area contributed by atoms with Crippen molar-refractivity contribution in [1.29, 1.82) is 0 Å². The van der Waals surface area contributed by atoms with Crippen LogP contribution in [-0.2, 0) is 4.79 Å². The SMILES string of the molecule is O=C(CNC(=O)c1ccc(F)cc1)Nc1c(F)cccc1F. The van der Waals surface area contributed by atoms with Crippen LogP contribution >= 0.6 is 0 Å². The first-order valence-electron chi connectivity index (χ1n) is 6.25. The van der Waals surface area contributed by atoms with E-state index in [1.54, 1.807) is 0 Å². The molecule has 0 saturated carbocycles. The Morgan fingerprint density at radius 3 is 2.09 bits per heavy atom. The predicted molar refractivity (Wildman–Crippen MR) is 73.7 cm³/mol. The summed E-state index contributed by atoms with van der Waals surface area (Å²) in [6, 6.07) is 7.85. The van der Waals surface area contributed by atoms with E-state index >= 15 is 0 Å². The van der Waals surface area contributed by atoms with Crippen LogP contribution in [0.1, 0.15) is 10.4 Å². The highest BCUT2D eigenvalue weighted by Crippen LogP contribution is 2.17. The van der Waals surface area contributed by atoms with Crippen molar-refractivity contribution in [2.75, 3.05) is 11.9 Å². The van der Waals surface area contributed by atoms with E-state index < -0.39 is 41.5 Å². The van der Waals surface area contributed by atoms with Crippen molar-refractivity contribution >= 4 is 17.5 Å². The summed E-state index contributed by atoms with van der Waals surface area (Å²) in [5.41, 5.74) is -0.421. The van der Waals surface area contributed by atoms with Gasteiger partial charge < -0.3 is 10.6 Å². The van der Waals surface area contributed by atoms with E-state index in [-0.39, 0.29) is 5.56 Å². The van der Waals surface area contributed by atoms with Crippen LogP contribution in [0.15, 0.2) is 42.5 Å². The Hall–Kier alpha value is -2.83. The molecule has 0 heterocycles. The first-order valence-corrected chi connectivity index (χ1v) is 6.25. The average molecular weight is 308 g/mol. The number of nitrogens with one attached hydrogen (secondary N) is 2. The van der Waals surface area contributed by atoms with Crippen LogP contribution in [0.2, 0.25) is 0 Å². The first-order chi connectivity index (χ1) is 10.5. The number of hydrogen-bond donors (Lipinski definition) is 2. The molecule has 2 aromatic rings. The molecule has 2 N–H and O–H groups in total. The molecule has 0 aliphatic heterocycles. The van der Waals surface area contributed by atoms with Gasteiger partial charge in [-0.1, -0.05) is 6.07 Å². The molecule has 7 heteroatoms. The zero-order valence-electron chi connectivity index (χ0n) is 11.2. The fourth-order valence-electron chi connectivity index (χ4n) is 1.66. The minimum absolute atomic E-state index is 0.159. The predicted octanol–water partition coefficient (Wildman–Crippen LogP) is 2.47. The van der Waals surface area contributed by atoms with Gasteiger partial charge in [-0.3, -0.25) is 9.59 Å². The van der Waals surface area contributed by atoms with Crippen molar-refractivity contribution in [1.82, 2.24) is 5.32 Å². The van der Waals surface area contributed by atoms with Crippen LogP contribution in [0.3, 0.4) is 0 Å². The lowest BCUT2D eigenvalue weighted by Gasteiger charge is -2.08. The molecule has 0 radical (unpaired) electrons. The molecule has 0 saturated heterocycles. The van der Waals surface area contributed by atoms with Gasteiger partial charge in [-0.15, -0.1) is 0 Å². The molecule has 2 aromatic carbocycles. The van der Waals surface area contributed by atoms with Crippen LogP contribution < -0.4 is 10.6 Å². The van der Waals surface area contributed by atoms with Gasteiger partial charge in [0.2, 0.25) is 5.91 Å². The third-order valence-electron chi connectivity index (χ3n) is 2.74. The third kappa shape index (κ3) is 3.85. The topological polar surface area (TPSA) is 58.2 Å². The molecule has 0 aliphatic rings. The number of rotatable bonds is 4. The van der Waals surface area contributed by atoms with E-state index in [0.29, 0.717) is 0 Å².